The van der Waals surface area contributed by atoms with Gasteiger partial charge in [-0.2, -0.15) is 0 Å². The molecular formula is C12H14O2. The van der Waals surface area contributed by atoms with Gasteiger partial charge in [0.15, 0.2) is 0 Å². The molecule has 1 aromatic carbocycles. The highest BCUT2D eigenvalue weighted by molar-refractivity contribution is 5.84. The van der Waals surface area contributed by atoms with Crippen molar-refractivity contribution in [2.24, 2.45) is 0 Å². The zero-order valence-corrected chi connectivity index (χ0v) is 8.54. The van der Waals surface area contributed by atoms with E-state index in [-0.39, 0.29) is 5.97 Å². The van der Waals surface area contributed by atoms with Crippen molar-refractivity contribution >= 4 is 5.97 Å². The molecule has 0 N–H and O–H groups in total. The fraction of sp³-hybridized carbons (Fsp3) is 0.417. The summed E-state index contributed by atoms with van der Waals surface area (Å²) in [5.41, 5.74) is 1.98. The van der Waals surface area contributed by atoms with Crippen molar-refractivity contribution in [1.82, 2.24) is 0 Å². The Bertz CT molecular complexity index is 370. The summed E-state index contributed by atoms with van der Waals surface area (Å²) >= 11 is 0. The standard InChI is InChI=1S/C12H14O2/c1-12(11(13)14-2)8-7-9-5-3-4-6-10(9)12/h3-6H,7-8H2,1-2H3. The van der Waals surface area contributed by atoms with E-state index in [4.69, 9.17) is 4.74 Å². The van der Waals surface area contributed by atoms with E-state index >= 15 is 0 Å². The molecule has 2 rings (SSSR count). The van der Waals surface area contributed by atoms with Crippen LogP contribution in [0, 0.1) is 0 Å². The molecule has 14 heavy (non-hydrogen) atoms. The van der Waals surface area contributed by atoms with E-state index in [1.807, 2.05) is 25.1 Å². The summed E-state index contributed by atoms with van der Waals surface area (Å²) in [6.07, 6.45) is 1.83. The van der Waals surface area contributed by atoms with Crippen LogP contribution in [0.25, 0.3) is 0 Å². The van der Waals surface area contributed by atoms with Crippen LogP contribution in [0.3, 0.4) is 0 Å². The molecule has 0 amide bonds. The van der Waals surface area contributed by atoms with Crippen LogP contribution in [0.4, 0.5) is 0 Å². The summed E-state index contributed by atoms with van der Waals surface area (Å²) in [5.74, 6) is -0.123. The monoisotopic (exact) mass is 190 g/mol. The Morgan fingerprint density at radius 3 is 2.86 bits per heavy atom. The number of fused-ring (bicyclic) bond motifs is 1. The first-order valence-corrected chi connectivity index (χ1v) is 4.85. The predicted molar refractivity (Wildman–Crippen MR) is 54.1 cm³/mol. The molecule has 1 unspecified atom stereocenters. The molecule has 0 fully saturated rings. The van der Waals surface area contributed by atoms with Crippen LogP contribution in [0.2, 0.25) is 0 Å². The zero-order chi connectivity index (χ0) is 10.2. The summed E-state index contributed by atoms with van der Waals surface area (Å²) < 4.78 is 4.86. The minimum Gasteiger partial charge on any atom is -0.468 e. The van der Waals surface area contributed by atoms with Crippen molar-refractivity contribution in [2.45, 2.75) is 25.2 Å². The van der Waals surface area contributed by atoms with Crippen molar-refractivity contribution in [3.05, 3.63) is 35.4 Å². The highest BCUT2D eigenvalue weighted by Gasteiger charge is 2.41. The third kappa shape index (κ3) is 1.14. The van der Waals surface area contributed by atoms with E-state index in [2.05, 4.69) is 6.07 Å². The van der Waals surface area contributed by atoms with Gasteiger partial charge < -0.3 is 4.74 Å². The minimum atomic E-state index is -0.425. The molecule has 0 radical (unpaired) electrons. The van der Waals surface area contributed by atoms with Gasteiger partial charge in [-0.25, -0.2) is 0 Å². The van der Waals surface area contributed by atoms with Gasteiger partial charge in [0.2, 0.25) is 0 Å². The quantitative estimate of drug-likeness (QED) is 0.634. The first-order valence-electron chi connectivity index (χ1n) is 4.85. The number of methoxy groups -OCH3 is 1. The van der Waals surface area contributed by atoms with Crippen LogP contribution < -0.4 is 0 Å². The third-order valence-corrected chi connectivity index (χ3v) is 3.14. The van der Waals surface area contributed by atoms with Gasteiger partial charge in [-0.15, -0.1) is 0 Å². The Balaban J connectivity index is 2.47. The fourth-order valence-corrected chi connectivity index (χ4v) is 2.23. The van der Waals surface area contributed by atoms with Crippen LogP contribution in [0.5, 0.6) is 0 Å². The maximum absolute atomic E-state index is 11.7. The summed E-state index contributed by atoms with van der Waals surface area (Å²) in [6.45, 7) is 1.96. The van der Waals surface area contributed by atoms with Crippen molar-refractivity contribution in [1.29, 1.82) is 0 Å². The lowest BCUT2D eigenvalue weighted by molar-refractivity contribution is -0.146. The van der Waals surface area contributed by atoms with Crippen LogP contribution in [0.1, 0.15) is 24.5 Å². The van der Waals surface area contributed by atoms with E-state index < -0.39 is 5.41 Å². The van der Waals surface area contributed by atoms with E-state index in [1.165, 1.54) is 12.7 Å². The number of carbonyl (C=O) groups excluding carboxylic acids is 1. The molecule has 74 valence electrons. The van der Waals surface area contributed by atoms with E-state index in [0.29, 0.717) is 0 Å². The van der Waals surface area contributed by atoms with Crippen LogP contribution in [-0.4, -0.2) is 13.1 Å². The smallest absolute Gasteiger partial charge is 0.316 e. The molecular weight excluding hydrogens is 176 g/mol. The molecule has 0 bridgehead atoms. The predicted octanol–water partition coefficient (Wildman–Crippen LogP) is 2.06. The van der Waals surface area contributed by atoms with E-state index in [0.717, 1.165) is 18.4 Å². The first-order chi connectivity index (χ1) is 6.68. The first kappa shape index (κ1) is 9.25. The van der Waals surface area contributed by atoms with Crippen LogP contribution >= 0.6 is 0 Å². The molecule has 0 saturated heterocycles. The Kier molecular flexibility index (Phi) is 2.06. The fourth-order valence-electron chi connectivity index (χ4n) is 2.23. The van der Waals surface area contributed by atoms with Gasteiger partial charge in [0.1, 0.15) is 0 Å². The lowest BCUT2D eigenvalue weighted by atomic mass is 9.84. The largest absolute Gasteiger partial charge is 0.468 e. The maximum atomic E-state index is 11.7. The number of carbonyl (C=O) groups is 1. The highest BCUT2D eigenvalue weighted by Crippen LogP contribution is 2.39. The summed E-state index contributed by atoms with van der Waals surface area (Å²) in [6, 6.07) is 8.11. The maximum Gasteiger partial charge on any atom is 0.316 e. The number of benzene rings is 1. The topological polar surface area (TPSA) is 26.3 Å². The zero-order valence-electron chi connectivity index (χ0n) is 8.54. The second-order valence-corrected chi connectivity index (χ2v) is 3.98. The lowest BCUT2D eigenvalue weighted by Gasteiger charge is -2.21. The molecule has 1 aliphatic carbocycles. The van der Waals surface area contributed by atoms with Gasteiger partial charge in [-0.3, -0.25) is 4.79 Å². The normalized spacial score (nSPS) is 24.4. The Morgan fingerprint density at radius 2 is 2.14 bits per heavy atom. The van der Waals surface area contributed by atoms with E-state index in [1.54, 1.807) is 0 Å². The van der Waals surface area contributed by atoms with Crippen molar-refractivity contribution < 1.29 is 9.53 Å². The lowest BCUT2D eigenvalue weighted by Crippen LogP contribution is -2.31. The average molecular weight is 190 g/mol. The molecule has 1 atom stereocenters. The van der Waals surface area contributed by atoms with Gasteiger partial charge in [-0.1, -0.05) is 24.3 Å². The van der Waals surface area contributed by atoms with E-state index in [9.17, 15) is 4.79 Å². The minimum absolute atomic E-state index is 0.123. The van der Waals surface area contributed by atoms with Gasteiger partial charge >= 0.3 is 5.97 Å². The van der Waals surface area contributed by atoms with Crippen molar-refractivity contribution in [3.8, 4) is 0 Å². The molecule has 2 heteroatoms. The van der Waals surface area contributed by atoms with Gasteiger partial charge in [0.25, 0.3) is 0 Å². The Morgan fingerprint density at radius 1 is 1.43 bits per heavy atom. The summed E-state index contributed by atoms with van der Waals surface area (Å²) in [7, 11) is 1.45. The van der Waals surface area contributed by atoms with Crippen molar-refractivity contribution in [2.75, 3.05) is 7.11 Å². The Labute approximate surface area is 83.9 Å². The molecule has 0 aromatic heterocycles. The molecule has 0 aliphatic heterocycles. The molecule has 0 saturated carbocycles. The van der Waals surface area contributed by atoms with Crippen LogP contribution in [0.15, 0.2) is 24.3 Å². The number of ether oxygens (including phenoxy) is 1. The van der Waals surface area contributed by atoms with Gasteiger partial charge in [0, 0.05) is 0 Å². The number of esters is 1. The average Bonchev–Trinajstić information content (AvgIpc) is 2.58. The second kappa shape index (κ2) is 3.12. The molecule has 2 nitrogen and oxygen atoms in total. The van der Waals surface area contributed by atoms with Gasteiger partial charge in [-0.05, 0) is 30.9 Å². The number of hydrogen-bond donors (Lipinski definition) is 0. The molecule has 0 heterocycles. The number of hydrogen-bond acceptors (Lipinski definition) is 2. The van der Waals surface area contributed by atoms with Crippen LogP contribution in [-0.2, 0) is 21.4 Å². The molecule has 0 spiro atoms. The number of aryl methyl sites for hydroxylation is 1. The molecule has 1 aromatic rings. The second-order valence-electron chi connectivity index (χ2n) is 3.98. The number of rotatable bonds is 1. The third-order valence-electron chi connectivity index (χ3n) is 3.14. The SMILES string of the molecule is COC(=O)C1(C)CCc2ccccc21. The van der Waals surface area contributed by atoms with Gasteiger partial charge in [0.05, 0.1) is 12.5 Å². The Hall–Kier alpha value is -1.31. The summed E-state index contributed by atoms with van der Waals surface area (Å²) in [5, 5.41) is 0. The highest BCUT2D eigenvalue weighted by atomic mass is 16.5. The molecule has 1 aliphatic rings. The van der Waals surface area contributed by atoms with Crippen molar-refractivity contribution in [3.63, 3.8) is 0 Å². The summed E-state index contributed by atoms with van der Waals surface area (Å²) in [4.78, 5) is 11.7.